The third-order valence-corrected chi connectivity index (χ3v) is 5.57. The Kier molecular flexibility index (Phi) is 3.72. The van der Waals surface area contributed by atoms with Gasteiger partial charge in [-0.2, -0.15) is 5.10 Å². The van der Waals surface area contributed by atoms with Crippen LogP contribution in [0.5, 0.6) is 0 Å². The largest absolute Gasteiger partial charge is 0.282 e. The van der Waals surface area contributed by atoms with E-state index in [4.69, 9.17) is 0 Å². The first-order chi connectivity index (χ1) is 8.88. The van der Waals surface area contributed by atoms with Crippen molar-refractivity contribution < 1.29 is 13.2 Å². The van der Waals surface area contributed by atoms with Gasteiger partial charge in [-0.05, 0) is 31.5 Å². The zero-order valence-corrected chi connectivity index (χ0v) is 12.1. The number of aryl methyl sites for hydroxylation is 2. The minimum Gasteiger partial charge on any atom is -0.282 e. The van der Waals surface area contributed by atoms with Gasteiger partial charge in [0.2, 0.25) is 5.91 Å². The van der Waals surface area contributed by atoms with E-state index in [2.05, 4.69) is 10.2 Å². The molecule has 0 spiro atoms. The van der Waals surface area contributed by atoms with E-state index in [-0.39, 0.29) is 10.6 Å². The second kappa shape index (κ2) is 5.14. The Labute approximate surface area is 114 Å². The smallest absolute Gasteiger partial charge is 0.273 e. The SMILES string of the molecule is Cc1cc(S(=O)(=O)NC(=O)Cc2ccn[nH]2)sc1C. The Morgan fingerprint density at radius 3 is 2.74 bits per heavy atom. The molecule has 2 rings (SSSR count). The first-order valence-corrected chi connectivity index (χ1v) is 7.79. The molecule has 8 heteroatoms. The third kappa shape index (κ3) is 3.21. The van der Waals surface area contributed by atoms with Crippen molar-refractivity contribution in [1.82, 2.24) is 14.9 Å². The Balaban J connectivity index is 2.11. The minimum absolute atomic E-state index is 0.0530. The molecule has 0 unspecified atom stereocenters. The molecule has 0 bridgehead atoms. The number of aromatic amines is 1. The van der Waals surface area contributed by atoms with Gasteiger partial charge in [0.05, 0.1) is 6.42 Å². The van der Waals surface area contributed by atoms with Crippen molar-refractivity contribution in [3.8, 4) is 0 Å². The van der Waals surface area contributed by atoms with E-state index in [0.717, 1.165) is 21.8 Å². The summed E-state index contributed by atoms with van der Waals surface area (Å²) in [7, 11) is -3.78. The van der Waals surface area contributed by atoms with Crippen molar-refractivity contribution in [2.75, 3.05) is 0 Å². The highest BCUT2D eigenvalue weighted by atomic mass is 32.2. The molecular formula is C11H13N3O3S2. The number of H-pyrrole nitrogens is 1. The number of thiophene rings is 1. The second-order valence-corrected chi connectivity index (χ2v) is 7.26. The van der Waals surface area contributed by atoms with Gasteiger partial charge in [0.15, 0.2) is 0 Å². The summed E-state index contributed by atoms with van der Waals surface area (Å²) in [4.78, 5) is 12.6. The van der Waals surface area contributed by atoms with E-state index in [9.17, 15) is 13.2 Å². The lowest BCUT2D eigenvalue weighted by Gasteiger charge is -2.03. The topological polar surface area (TPSA) is 91.9 Å². The predicted octanol–water partition coefficient (Wildman–Crippen LogP) is 1.14. The van der Waals surface area contributed by atoms with Crippen LogP contribution < -0.4 is 4.72 Å². The molecule has 102 valence electrons. The van der Waals surface area contributed by atoms with Crippen LogP contribution in [0.25, 0.3) is 0 Å². The normalized spacial score (nSPS) is 11.5. The van der Waals surface area contributed by atoms with Crippen LogP contribution in [0.1, 0.15) is 16.1 Å². The van der Waals surface area contributed by atoms with Gasteiger partial charge < -0.3 is 0 Å². The van der Waals surface area contributed by atoms with Gasteiger partial charge in [-0.25, -0.2) is 13.1 Å². The lowest BCUT2D eigenvalue weighted by Crippen LogP contribution is -2.31. The summed E-state index contributed by atoms with van der Waals surface area (Å²) in [5, 5.41) is 6.30. The fourth-order valence-electron chi connectivity index (χ4n) is 1.46. The van der Waals surface area contributed by atoms with Crippen LogP contribution in [-0.2, 0) is 21.2 Å². The fraction of sp³-hybridized carbons (Fsp3) is 0.273. The third-order valence-electron chi connectivity index (χ3n) is 2.57. The lowest BCUT2D eigenvalue weighted by atomic mass is 10.3. The summed E-state index contributed by atoms with van der Waals surface area (Å²) >= 11 is 1.15. The first-order valence-electron chi connectivity index (χ1n) is 5.49. The van der Waals surface area contributed by atoms with Gasteiger partial charge >= 0.3 is 0 Å². The Bertz CT molecular complexity index is 667. The van der Waals surface area contributed by atoms with Crippen LogP contribution in [0, 0.1) is 13.8 Å². The summed E-state index contributed by atoms with van der Waals surface area (Å²) in [6.07, 6.45) is 1.45. The molecule has 2 heterocycles. The van der Waals surface area contributed by atoms with Crippen LogP contribution >= 0.6 is 11.3 Å². The molecule has 0 atom stereocenters. The maximum absolute atomic E-state index is 12.0. The van der Waals surface area contributed by atoms with Gasteiger partial charge in [-0.3, -0.25) is 9.89 Å². The molecular weight excluding hydrogens is 286 g/mol. The number of nitrogens with one attached hydrogen (secondary N) is 2. The average Bonchev–Trinajstić information content (AvgIpc) is 2.89. The van der Waals surface area contributed by atoms with E-state index in [1.54, 1.807) is 12.1 Å². The molecule has 2 N–H and O–H groups in total. The number of rotatable bonds is 4. The summed E-state index contributed by atoms with van der Waals surface area (Å²) in [5.74, 6) is -0.590. The Morgan fingerprint density at radius 1 is 1.47 bits per heavy atom. The van der Waals surface area contributed by atoms with Gasteiger partial charge in [-0.15, -0.1) is 11.3 Å². The highest BCUT2D eigenvalue weighted by molar-refractivity contribution is 7.92. The zero-order chi connectivity index (χ0) is 14.0. The Hall–Kier alpha value is -1.67. The average molecular weight is 299 g/mol. The van der Waals surface area contributed by atoms with Crippen LogP contribution in [0.3, 0.4) is 0 Å². The van der Waals surface area contributed by atoms with Crippen molar-refractivity contribution in [3.63, 3.8) is 0 Å². The monoisotopic (exact) mass is 299 g/mol. The molecule has 6 nitrogen and oxygen atoms in total. The molecule has 0 aliphatic rings. The van der Waals surface area contributed by atoms with Crippen molar-refractivity contribution in [2.45, 2.75) is 24.5 Å². The van der Waals surface area contributed by atoms with Crippen molar-refractivity contribution in [3.05, 3.63) is 34.5 Å². The highest BCUT2D eigenvalue weighted by Gasteiger charge is 2.20. The zero-order valence-electron chi connectivity index (χ0n) is 10.4. The van der Waals surface area contributed by atoms with E-state index in [0.29, 0.717) is 5.69 Å². The number of nitrogens with zero attached hydrogens (tertiary/aromatic N) is 1. The van der Waals surface area contributed by atoms with E-state index in [1.807, 2.05) is 18.6 Å². The number of hydrogen-bond donors (Lipinski definition) is 2. The fourth-order valence-corrected chi connectivity index (χ4v) is 3.96. The predicted molar refractivity (Wildman–Crippen MR) is 71.4 cm³/mol. The molecule has 0 saturated carbocycles. The standard InChI is InChI=1S/C11H13N3O3S2/c1-7-5-11(18-8(7)2)19(16,17)14-10(15)6-9-3-4-12-13-9/h3-5H,6H2,1-2H3,(H,12,13)(H,14,15). The number of hydrogen-bond acceptors (Lipinski definition) is 5. The first kappa shape index (κ1) is 13.8. The highest BCUT2D eigenvalue weighted by Crippen LogP contribution is 2.24. The molecule has 0 aliphatic carbocycles. The van der Waals surface area contributed by atoms with Gasteiger partial charge in [0, 0.05) is 16.8 Å². The van der Waals surface area contributed by atoms with Gasteiger partial charge in [0.25, 0.3) is 10.0 Å². The molecule has 1 amide bonds. The summed E-state index contributed by atoms with van der Waals surface area (Å²) in [6, 6.07) is 3.18. The number of amides is 1. The van der Waals surface area contributed by atoms with Gasteiger partial charge in [-0.1, -0.05) is 0 Å². The molecule has 0 saturated heterocycles. The minimum atomic E-state index is -3.78. The molecule has 2 aromatic rings. The molecule has 0 aromatic carbocycles. The molecule has 2 aromatic heterocycles. The van der Waals surface area contributed by atoms with Crippen molar-refractivity contribution in [1.29, 1.82) is 0 Å². The van der Waals surface area contributed by atoms with E-state index in [1.165, 1.54) is 6.20 Å². The molecule has 19 heavy (non-hydrogen) atoms. The number of sulfonamides is 1. The maximum atomic E-state index is 12.0. The van der Waals surface area contributed by atoms with Gasteiger partial charge in [0.1, 0.15) is 4.21 Å². The lowest BCUT2D eigenvalue weighted by molar-refractivity contribution is -0.118. The summed E-state index contributed by atoms with van der Waals surface area (Å²) in [6.45, 7) is 3.67. The molecule has 0 radical (unpaired) electrons. The molecule has 0 aliphatic heterocycles. The number of carbonyl (C=O) groups is 1. The van der Waals surface area contributed by atoms with E-state index < -0.39 is 15.9 Å². The maximum Gasteiger partial charge on any atom is 0.273 e. The summed E-state index contributed by atoms with van der Waals surface area (Å²) < 4.78 is 26.2. The quantitative estimate of drug-likeness (QED) is 0.885. The van der Waals surface area contributed by atoms with Crippen LogP contribution in [0.4, 0.5) is 0 Å². The van der Waals surface area contributed by atoms with E-state index >= 15 is 0 Å². The second-order valence-electron chi connectivity index (χ2n) is 4.09. The number of carbonyl (C=O) groups excluding carboxylic acids is 1. The van der Waals surface area contributed by atoms with Crippen LogP contribution in [0.2, 0.25) is 0 Å². The Morgan fingerprint density at radius 2 is 2.21 bits per heavy atom. The van der Waals surface area contributed by atoms with Crippen molar-refractivity contribution in [2.24, 2.45) is 0 Å². The molecule has 0 fully saturated rings. The number of aromatic nitrogens is 2. The van der Waals surface area contributed by atoms with Crippen molar-refractivity contribution >= 4 is 27.3 Å². The van der Waals surface area contributed by atoms with Crippen LogP contribution in [-0.4, -0.2) is 24.5 Å². The summed E-state index contributed by atoms with van der Waals surface area (Å²) in [5.41, 5.74) is 1.46. The van der Waals surface area contributed by atoms with Crippen LogP contribution in [0.15, 0.2) is 22.5 Å².